The fourth-order valence-electron chi connectivity index (χ4n) is 4.19. The number of likely N-dealkylation sites (tertiary alicyclic amines) is 1. The normalized spacial score (nSPS) is 16.9. The second-order valence-corrected chi connectivity index (χ2v) is 7.87. The lowest BCUT2D eigenvalue weighted by Gasteiger charge is -2.26. The third-order valence-corrected chi connectivity index (χ3v) is 5.89. The first-order chi connectivity index (χ1) is 16.9. The summed E-state index contributed by atoms with van der Waals surface area (Å²) < 4.78 is 10.9. The molecule has 1 atom stereocenters. The third kappa shape index (κ3) is 4.33. The maximum absolute atomic E-state index is 13.3. The molecule has 1 fully saturated rings. The average Bonchev–Trinajstić information content (AvgIpc) is 3.13. The standard InChI is InChI=1S/C27H23NO7/c1-34-20-9-5-3-7-18(20)23-22(24(29)19-8-4-6-10-21(19)35-2)25(30)26(31)28(23)15-16-11-13-17(14-12-16)27(32)33/h3-14,23,29H,15H2,1-2H3,(H,32,33)/b24-22+. The summed E-state index contributed by atoms with van der Waals surface area (Å²) in [5, 5.41) is 20.5. The first-order valence-corrected chi connectivity index (χ1v) is 10.7. The van der Waals surface area contributed by atoms with Gasteiger partial charge in [-0.1, -0.05) is 42.5 Å². The summed E-state index contributed by atoms with van der Waals surface area (Å²) in [5.41, 5.74) is 1.43. The van der Waals surface area contributed by atoms with Crippen molar-refractivity contribution in [1.29, 1.82) is 0 Å². The molecule has 0 aromatic heterocycles. The molecule has 1 unspecified atom stereocenters. The van der Waals surface area contributed by atoms with Crippen LogP contribution < -0.4 is 9.47 Å². The number of aromatic carboxylic acids is 1. The largest absolute Gasteiger partial charge is 0.507 e. The van der Waals surface area contributed by atoms with Gasteiger partial charge in [-0.25, -0.2) is 4.79 Å². The van der Waals surface area contributed by atoms with Crippen molar-refractivity contribution in [2.75, 3.05) is 14.2 Å². The van der Waals surface area contributed by atoms with Crippen molar-refractivity contribution in [3.05, 3.63) is 101 Å². The Labute approximate surface area is 201 Å². The molecule has 3 aromatic rings. The Bertz CT molecular complexity index is 1330. The van der Waals surface area contributed by atoms with Crippen LogP contribution in [0.25, 0.3) is 5.76 Å². The fourth-order valence-corrected chi connectivity index (χ4v) is 4.19. The number of hydrogen-bond acceptors (Lipinski definition) is 6. The first-order valence-electron chi connectivity index (χ1n) is 10.7. The summed E-state index contributed by atoms with van der Waals surface area (Å²) in [6.45, 7) is 0.00981. The third-order valence-electron chi connectivity index (χ3n) is 5.89. The monoisotopic (exact) mass is 473 g/mol. The number of rotatable bonds is 7. The van der Waals surface area contributed by atoms with E-state index < -0.39 is 23.7 Å². The van der Waals surface area contributed by atoms with Crippen molar-refractivity contribution in [2.45, 2.75) is 12.6 Å². The van der Waals surface area contributed by atoms with Crippen LogP contribution in [0, 0.1) is 0 Å². The summed E-state index contributed by atoms with van der Waals surface area (Å²) in [6.07, 6.45) is 0. The van der Waals surface area contributed by atoms with E-state index in [4.69, 9.17) is 14.6 Å². The molecule has 3 aromatic carbocycles. The van der Waals surface area contributed by atoms with E-state index in [1.165, 1.54) is 31.3 Å². The van der Waals surface area contributed by atoms with Crippen molar-refractivity contribution in [1.82, 2.24) is 4.90 Å². The van der Waals surface area contributed by atoms with E-state index in [1.807, 2.05) is 0 Å². The molecule has 35 heavy (non-hydrogen) atoms. The summed E-state index contributed by atoms with van der Waals surface area (Å²) in [6, 6.07) is 18.7. The van der Waals surface area contributed by atoms with Crippen LogP contribution in [0.4, 0.5) is 0 Å². The Kier molecular flexibility index (Phi) is 6.55. The number of carboxylic acids is 1. The van der Waals surface area contributed by atoms with Crippen LogP contribution in [0.5, 0.6) is 11.5 Å². The smallest absolute Gasteiger partial charge is 0.335 e. The highest BCUT2D eigenvalue weighted by atomic mass is 16.5. The SMILES string of the molecule is COc1ccccc1/C(O)=C1\C(=O)C(=O)N(Cc2ccc(C(=O)O)cc2)C1c1ccccc1OC. The number of hydrogen-bond donors (Lipinski definition) is 2. The zero-order valence-corrected chi connectivity index (χ0v) is 19.1. The Morgan fingerprint density at radius 2 is 1.46 bits per heavy atom. The summed E-state index contributed by atoms with van der Waals surface area (Å²) in [4.78, 5) is 39.1. The van der Waals surface area contributed by atoms with E-state index in [0.717, 1.165) is 0 Å². The topological polar surface area (TPSA) is 113 Å². The van der Waals surface area contributed by atoms with Gasteiger partial charge in [0.25, 0.3) is 11.7 Å². The number of Topliss-reactive ketones (excluding diaryl/α,β-unsaturated/α-hetero) is 1. The zero-order valence-electron chi connectivity index (χ0n) is 19.1. The second-order valence-electron chi connectivity index (χ2n) is 7.87. The predicted molar refractivity (Wildman–Crippen MR) is 127 cm³/mol. The predicted octanol–water partition coefficient (Wildman–Crippen LogP) is 4.02. The van der Waals surface area contributed by atoms with E-state index in [-0.39, 0.29) is 29.0 Å². The molecule has 0 bridgehead atoms. The summed E-state index contributed by atoms with van der Waals surface area (Å²) in [5.74, 6) is -2.27. The summed E-state index contributed by atoms with van der Waals surface area (Å²) >= 11 is 0. The van der Waals surface area contributed by atoms with Crippen molar-refractivity contribution in [3.63, 3.8) is 0 Å². The van der Waals surface area contributed by atoms with Gasteiger partial charge in [-0.2, -0.15) is 0 Å². The highest BCUT2D eigenvalue weighted by Gasteiger charge is 2.47. The molecule has 178 valence electrons. The van der Waals surface area contributed by atoms with Gasteiger partial charge < -0.3 is 24.6 Å². The number of nitrogens with zero attached hydrogens (tertiary/aromatic N) is 1. The van der Waals surface area contributed by atoms with Gasteiger partial charge in [0.05, 0.1) is 37.0 Å². The molecule has 1 heterocycles. The van der Waals surface area contributed by atoms with Gasteiger partial charge in [-0.3, -0.25) is 9.59 Å². The van der Waals surface area contributed by atoms with Gasteiger partial charge in [-0.15, -0.1) is 0 Å². The quantitative estimate of drug-likeness (QED) is 0.303. The van der Waals surface area contributed by atoms with Gasteiger partial charge in [0.1, 0.15) is 17.3 Å². The van der Waals surface area contributed by atoms with Crippen molar-refractivity contribution >= 4 is 23.4 Å². The van der Waals surface area contributed by atoms with E-state index in [9.17, 15) is 19.5 Å². The number of carbonyl (C=O) groups is 3. The molecule has 0 radical (unpaired) electrons. The number of aliphatic hydroxyl groups excluding tert-OH is 1. The molecule has 1 saturated heterocycles. The number of ether oxygens (including phenoxy) is 2. The number of ketones is 1. The highest BCUT2D eigenvalue weighted by molar-refractivity contribution is 6.46. The molecule has 8 heteroatoms. The van der Waals surface area contributed by atoms with Gasteiger partial charge in [-0.05, 0) is 35.9 Å². The van der Waals surface area contributed by atoms with Crippen LogP contribution in [-0.2, 0) is 16.1 Å². The number of amides is 1. The van der Waals surface area contributed by atoms with E-state index in [0.29, 0.717) is 22.6 Å². The Morgan fingerprint density at radius 1 is 0.857 bits per heavy atom. The minimum absolute atomic E-state index is 0.00981. The number of benzene rings is 3. The van der Waals surface area contributed by atoms with Crippen molar-refractivity contribution in [3.8, 4) is 11.5 Å². The van der Waals surface area contributed by atoms with Crippen molar-refractivity contribution < 1.29 is 34.1 Å². The van der Waals surface area contributed by atoms with Gasteiger partial charge in [0.2, 0.25) is 0 Å². The molecule has 1 amide bonds. The molecule has 1 aliphatic heterocycles. The van der Waals surface area contributed by atoms with Crippen LogP contribution in [-0.4, -0.2) is 47.0 Å². The van der Waals surface area contributed by atoms with Crippen LogP contribution in [0.2, 0.25) is 0 Å². The zero-order chi connectivity index (χ0) is 25.1. The number of carboxylic acid groups (broad SMARTS) is 1. The lowest BCUT2D eigenvalue weighted by Crippen LogP contribution is -2.29. The minimum atomic E-state index is -1.07. The molecule has 0 saturated carbocycles. The van der Waals surface area contributed by atoms with E-state index >= 15 is 0 Å². The molecule has 0 aliphatic carbocycles. The van der Waals surface area contributed by atoms with Gasteiger partial charge >= 0.3 is 5.97 Å². The Morgan fingerprint density at radius 3 is 2.09 bits per heavy atom. The Hall–Kier alpha value is -4.59. The lowest BCUT2D eigenvalue weighted by atomic mass is 9.94. The fraction of sp³-hybridized carbons (Fsp3) is 0.148. The first kappa shape index (κ1) is 23.6. The maximum atomic E-state index is 13.3. The second kappa shape index (κ2) is 9.72. The van der Waals surface area contributed by atoms with Crippen molar-refractivity contribution in [2.24, 2.45) is 0 Å². The number of aliphatic hydroxyl groups is 1. The number of para-hydroxylation sites is 2. The molecule has 2 N–H and O–H groups in total. The minimum Gasteiger partial charge on any atom is -0.507 e. The molecular formula is C27H23NO7. The molecule has 0 spiro atoms. The number of methoxy groups -OCH3 is 2. The molecule has 4 rings (SSSR count). The van der Waals surface area contributed by atoms with Crippen LogP contribution in [0.1, 0.15) is 33.1 Å². The average molecular weight is 473 g/mol. The van der Waals surface area contributed by atoms with E-state index in [1.54, 1.807) is 60.7 Å². The van der Waals surface area contributed by atoms with E-state index in [2.05, 4.69) is 0 Å². The van der Waals surface area contributed by atoms with Crippen LogP contribution in [0.3, 0.4) is 0 Å². The van der Waals surface area contributed by atoms with Crippen LogP contribution in [0.15, 0.2) is 78.4 Å². The maximum Gasteiger partial charge on any atom is 0.335 e. The van der Waals surface area contributed by atoms with Crippen LogP contribution >= 0.6 is 0 Å². The molecule has 8 nitrogen and oxygen atoms in total. The summed E-state index contributed by atoms with van der Waals surface area (Å²) in [7, 11) is 2.93. The molecule has 1 aliphatic rings. The lowest BCUT2D eigenvalue weighted by molar-refractivity contribution is -0.140. The van der Waals surface area contributed by atoms with Gasteiger partial charge in [0, 0.05) is 12.1 Å². The number of carbonyl (C=O) groups excluding carboxylic acids is 2. The van der Waals surface area contributed by atoms with Gasteiger partial charge in [0.15, 0.2) is 0 Å². The highest BCUT2D eigenvalue weighted by Crippen LogP contribution is 2.44. The molecular weight excluding hydrogens is 450 g/mol. The Balaban J connectivity index is 1.88.